The van der Waals surface area contributed by atoms with Gasteiger partial charge >= 0.3 is 0 Å². The van der Waals surface area contributed by atoms with Crippen molar-refractivity contribution >= 4 is 27.3 Å². The summed E-state index contributed by atoms with van der Waals surface area (Å²) >= 11 is 0. The highest BCUT2D eigenvalue weighted by molar-refractivity contribution is 7.88. The molecule has 1 aliphatic rings. The molecule has 0 saturated carbocycles. The van der Waals surface area contributed by atoms with Crippen molar-refractivity contribution in [2.45, 2.75) is 0 Å². The van der Waals surface area contributed by atoms with Crippen LogP contribution in [0.4, 0.5) is 11.6 Å². The van der Waals surface area contributed by atoms with E-state index in [2.05, 4.69) is 9.97 Å². The second kappa shape index (κ2) is 4.60. The van der Waals surface area contributed by atoms with Gasteiger partial charge in [0, 0.05) is 38.6 Å². The van der Waals surface area contributed by atoms with Crippen molar-refractivity contribution in [3.05, 3.63) is 18.6 Å². The molecule has 3 heterocycles. The van der Waals surface area contributed by atoms with Crippen LogP contribution in [0.15, 0.2) is 18.6 Å². The highest BCUT2D eigenvalue weighted by Crippen LogP contribution is 2.21. The highest BCUT2D eigenvalue weighted by atomic mass is 32.2. The molecule has 0 radical (unpaired) electrons. The molecule has 1 aliphatic heterocycles. The van der Waals surface area contributed by atoms with Gasteiger partial charge in [-0.2, -0.15) is 4.31 Å². The van der Waals surface area contributed by atoms with E-state index >= 15 is 0 Å². The number of aromatic nitrogens is 3. The van der Waals surface area contributed by atoms with Crippen molar-refractivity contribution in [3.63, 3.8) is 0 Å². The van der Waals surface area contributed by atoms with Gasteiger partial charge in [-0.3, -0.25) is 0 Å². The Morgan fingerprint density at radius 3 is 2.60 bits per heavy atom. The number of fused-ring (bicyclic) bond motifs is 1. The Morgan fingerprint density at radius 2 is 1.95 bits per heavy atom. The van der Waals surface area contributed by atoms with E-state index in [1.54, 1.807) is 12.4 Å². The number of nitrogens with zero attached hydrogens (tertiary/aromatic N) is 5. The minimum atomic E-state index is -3.13. The lowest BCUT2D eigenvalue weighted by Crippen LogP contribution is -2.48. The second-order valence-corrected chi connectivity index (χ2v) is 6.78. The molecular weight excluding hydrogens is 280 g/mol. The van der Waals surface area contributed by atoms with E-state index in [-0.39, 0.29) is 0 Å². The number of imidazole rings is 1. The average molecular weight is 296 g/mol. The molecule has 0 spiro atoms. The molecule has 0 aromatic carbocycles. The predicted molar refractivity (Wildman–Crippen MR) is 76.0 cm³/mol. The Hall–Kier alpha value is -1.87. The third kappa shape index (κ3) is 2.29. The Morgan fingerprint density at radius 1 is 1.25 bits per heavy atom. The summed E-state index contributed by atoms with van der Waals surface area (Å²) in [6.07, 6.45) is 6.43. The van der Waals surface area contributed by atoms with Gasteiger partial charge in [0.2, 0.25) is 10.0 Å². The van der Waals surface area contributed by atoms with Gasteiger partial charge in [-0.05, 0) is 0 Å². The van der Waals surface area contributed by atoms with E-state index in [1.165, 1.54) is 10.6 Å². The number of anilines is 2. The summed E-state index contributed by atoms with van der Waals surface area (Å²) in [5.41, 5.74) is 6.52. The normalized spacial score (nSPS) is 17.8. The Bertz CT molecular complexity index is 732. The predicted octanol–water partition coefficient (Wildman–Crippen LogP) is -0.607. The molecule has 1 fully saturated rings. The van der Waals surface area contributed by atoms with Crippen LogP contribution in [-0.4, -0.2) is 59.5 Å². The molecule has 108 valence electrons. The maximum atomic E-state index is 11.5. The summed E-state index contributed by atoms with van der Waals surface area (Å²) < 4.78 is 26.3. The molecule has 2 aromatic heterocycles. The molecule has 0 bridgehead atoms. The number of nitrogen functional groups attached to an aromatic ring is 1. The number of piperazine rings is 1. The van der Waals surface area contributed by atoms with Crippen LogP contribution >= 0.6 is 0 Å². The van der Waals surface area contributed by atoms with E-state index < -0.39 is 10.0 Å². The van der Waals surface area contributed by atoms with Crippen molar-refractivity contribution in [3.8, 4) is 0 Å². The zero-order chi connectivity index (χ0) is 14.3. The summed E-state index contributed by atoms with van der Waals surface area (Å²) in [6.45, 7) is 2.04. The maximum Gasteiger partial charge on any atom is 0.211 e. The van der Waals surface area contributed by atoms with Crippen LogP contribution in [0.1, 0.15) is 0 Å². The lowest BCUT2D eigenvalue weighted by molar-refractivity contribution is 0.387. The first kappa shape index (κ1) is 13.1. The third-order valence-corrected chi connectivity index (χ3v) is 4.69. The third-order valence-electron chi connectivity index (χ3n) is 3.38. The van der Waals surface area contributed by atoms with Gasteiger partial charge in [0.05, 0.1) is 12.5 Å². The Labute approximate surface area is 116 Å². The molecule has 3 rings (SSSR count). The van der Waals surface area contributed by atoms with E-state index in [4.69, 9.17) is 5.73 Å². The molecule has 9 heteroatoms. The lowest BCUT2D eigenvalue weighted by atomic mass is 10.3. The first-order valence-corrected chi connectivity index (χ1v) is 8.09. The van der Waals surface area contributed by atoms with E-state index in [1.807, 2.05) is 15.5 Å². The molecule has 1 saturated heterocycles. The van der Waals surface area contributed by atoms with Crippen molar-refractivity contribution in [1.82, 2.24) is 18.7 Å². The van der Waals surface area contributed by atoms with Crippen LogP contribution in [0, 0.1) is 0 Å². The quantitative estimate of drug-likeness (QED) is 0.794. The topological polar surface area (TPSA) is 96.8 Å². The van der Waals surface area contributed by atoms with Gasteiger partial charge in [0.1, 0.15) is 5.82 Å². The summed E-state index contributed by atoms with van der Waals surface area (Å²) in [4.78, 5) is 10.6. The van der Waals surface area contributed by atoms with Gasteiger partial charge in [-0.25, -0.2) is 18.4 Å². The zero-order valence-corrected chi connectivity index (χ0v) is 11.9. The molecule has 2 N–H and O–H groups in total. The van der Waals surface area contributed by atoms with Gasteiger partial charge < -0.3 is 15.0 Å². The molecular formula is C11H16N6O2S. The van der Waals surface area contributed by atoms with Crippen LogP contribution < -0.4 is 10.6 Å². The summed E-state index contributed by atoms with van der Waals surface area (Å²) in [5.74, 6) is 1.11. The summed E-state index contributed by atoms with van der Waals surface area (Å²) in [6, 6.07) is 0. The zero-order valence-electron chi connectivity index (χ0n) is 11.1. The van der Waals surface area contributed by atoms with E-state index in [0.29, 0.717) is 37.8 Å². The monoisotopic (exact) mass is 296 g/mol. The van der Waals surface area contributed by atoms with Crippen LogP contribution in [0.25, 0.3) is 5.65 Å². The molecule has 0 amide bonds. The second-order valence-electron chi connectivity index (χ2n) is 4.80. The number of hydrogen-bond donors (Lipinski definition) is 1. The minimum Gasteiger partial charge on any atom is -0.382 e. The molecule has 2 aromatic rings. The molecule has 8 nitrogen and oxygen atoms in total. The van der Waals surface area contributed by atoms with Crippen LogP contribution in [0.5, 0.6) is 0 Å². The SMILES string of the molecule is CS(=O)(=O)N1CCN(c2nc(N)cn3ccnc23)CC1. The Kier molecular flexibility index (Phi) is 3.02. The maximum absolute atomic E-state index is 11.5. The van der Waals surface area contributed by atoms with Gasteiger partial charge in [0.15, 0.2) is 11.5 Å². The van der Waals surface area contributed by atoms with Crippen molar-refractivity contribution < 1.29 is 8.42 Å². The minimum absolute atomic E-state index is 0.413. The van der Waals surface area contributed by atoms with Crippen molar-refractivity contribution in [2.75, 3.05) is 43.1 Å². The van der Waals surface area contributed by atoms with Crippen LogP contribution in [0.2, 0.25) is 0 Å². The van der Waals surface area contributed by atoms with E-state index in [0.717, 1.165) is 5.65 Å². The number of hydrogen-bond acceptors (Lipinski definition) is 6. The van der Waals surface area contributed by atoms with Gasteiger partial charge in [0.25, 0.3) is 0 Å². The standard InChI is InChI=1S/C11H16N6O2S/c1-20(18,19)17-6-4-15(5-7-17)11-10-13-2-3-16(10)8-9(12)14-11/h2-3,8H,4-7,12H2,1H3. The fourth-order valence-electron chi connectivity index (χ4n) is 2.38. The number of nitrogens with two attached hydrogens (primary N) is 1. The Balaban J connectivity index is 1.89. The fourth-order valence-corrected chi connectivity index (χ4v) is 3.20. The van der Waals surface area contributed by atoms with Crippen molar-refractivity contribution in [2.24, 2.45) is 0 Å². The smallest absolute Gasteiger partial charge is 0.211 e. The van der Waals surface area contributed by atoms with E-state index in [9.17, 15) is 8.42 Å². The fraction of sp³-hybridized carbons (Fsp3) is 0.455. The first-order valence-electron chi connectivity index (χ1n) is 6.24. The summed E-state index contributed by atoms with van der Waals surface area (Å²) in [5, 5.41) is 0. The van der Waals surface area contributed by atoms with Crippen LogP contribution in [-0.2, 0) is 10.0 Å². The van der Waals surface area contributed by atoms with Gasteiger partial charge in [-0.1, -0.05) is 0 Å². The lowest BCUT2D eigenvalue weighted by Gasteiger charge is -2.34. The average Bonchev–Trinajstić information content (AvgIpc) is 2.85. The molecule has 0 aliphatic carbocycles. The molecule has 20 heavy (non-hydrogen) atoms. The van der Waals surface area contributed by atoms with Crippen molar-refractivity contribution in [1.29, 1.82) is 0 Å². The largest absolute Gasteiger partial charge is 0.382 e. The highest BCUT2D eigenvalue weighted by Gasteiger charge is 2.25. The molecule has 0 unspecified atom stereocenters. The molecule has 0 atom stereocenters. The number of rotatable bonds is 2. The first-order chi connectivity index (χ1) is 9.45. The van der Waals surface area contributed by atoms with Crippen LogP contribution in [0.3, 0.4) is 0 Å². The summed E-state index contributed by atoms with van der Waals surface area (Å²) in [7, 11) is -3.13. The number of sulfonamides is 1. The van der Waals surface area contributed by atoms with Gasteiger partial charge in [-0.15, -0.1) is 0 Å².